The molecule has 0 saturated carbocycles. The molecular formula is C22H24N2O4. The molecule has 1 heterocycles. The number of ether oxygens (including phenoxy) is 1. The van der Waals surface area contributed by atoms with Gasteiger partial charge in [-0.2, -0.15) is 0 Å². The van der Waals surface area contributed by atoms with Crippen LogP contribution in [0, 0.1) is 0 Å². The minimum atomic E-state index is -0.638. The smallest absolute Gasteiger partial charge is 0.308 e. The topological polar surface area (TPSA) is 66.9 Å². The van der Waals surface area contributed by atoms with E-state index in [-0.39, 0.29) is 18.2 Å². The van der Waals surface area contributed by atoms with E-state index in [4.69, 9.17) is 4.74 Å². The van der Waals surface area contributed by atoms with Crippen molar-refractivity contribution in [2.45, 2.75) is 45.8 Å². The van der Waals surface area contributed by atoms with Crippen molar-refractivity contribution < 1.29 is 19.1 Å². The molecule has 0 N–H and O–H groups in total. The summed E-state index contributed by atoms with van der Waals surface area (Å²) in [4.78, 5) is 38.4. The van der Waals surface area contributed by atoms with Gasteiger partial charge in [0.25, 0.3) is 5.91 Å². The van der Waals surface area contributed by atoms with E-state index in [9.17, 15) is 14.4 Å². The number of hydrogen-bond acceptors (Lipinski definition) is 4. The Labute approximate surface area is 164 Å². The van der Waals surface area contributed by atoms with Gasteiger partial charge in [0, 0.05) is 12.5 Å². The van der Waals surface area contributed by atoms with E-state index in [0.717, 1.165) is 0 Å². The van der Waals surface area contributed by atoms with Crippen molar-refractivity contribution in [3.05, 3.63) is 65.7 Å². The lowest BCUT2D eigenvalue weighted by Gasteiger charge is -2.44. The molecule has 2 aromatic carbocycles. The zero-order valence-corrected chi connectivity index (χ0v) is 16.5. The quantitative estimate of drug-likeness (QED) is 0.758. The number of benzene rings is 2. The predicted molar refractivity (Wildman–Crippen MR) is 105 cm³/mol. The second kappa shape index (κ2) is 7.46. The Bertz CT molecular complexity index is 902. The van der Waals surface area contributed by atoms with Crippen LogP contribution in [0.15, 0.2) is 54.6 Å². The highest BCUT2D eigenvalue weighted by atomic mass is 16.6. The highest BCUT2D eigenvalue weighted by Crippen LogP contribution is 2.37. The Kier molecular flexibility index (Phi) is 5.23. The van der Waals surface area contributed by atoms with Crippen LogP contribution in [-0.4, -0.2) is 28.4 Å². The molecule has 0 aliphatic carbocycles. The largest absolute Gasteiger partial charge is 0.460 e. The zero-order chi connectivity index (χ0) is 20.5. The third-order valence-corrected chi connectivity index (χ3v) is 4.36. The molecule has 6 heteroatoms. The number of amides is 2. The number of rotatable bonds is 3. The molecule has 0 fully saturated rings. The summed E-state index contributed by atoms with van der Waals surface area (Å²) in [6, 6.07) is 15.4. The maximum Gasteiger partial charge on any atom is 0.308 e. The molecule has 28 heavy (non-hydrogen) atoms. The zero-order valence-electron chi connectivity index (χ0n) is 16.5. The minimum absolute atomic E-state index is 0.0511. The van der Waals surface area contributed by atoms with E-state index in [0.29, 0.717) is 16.8 Å². The summed E-state index contributed by atoms with van der Waals surface area (Å²) in [5.74, 6) is -1.07. The van der Waals surface area contributed by atoms with E-state index >= 15 is 0 Å². The van der Waals surface area contributed by atoms with Gasteiger partial charge >= 0.3 is 5.97 Å². The normalized spacial score (nSPS) is 16.6. The summed E-state index contributed by atoms with van der Waals surface area (Å²) >= 11 is 0. The van der Waals surface area contributed by atoms with Gasteiger partial charge < -0.3 is 4.74 Å². The molecule has 0 spiro atoms. The van der Waals surface area contributed by atoms with E-state index in [1.165, 1.54) is 16.9 Å². The number of para-hydroxylation sites is 1. The molecule has 1 unspecified atom stereocenters. The second-order valence-corrected chi connectivity index (χ2v) is 7.71. The maximum absolute atomic E-state index is 13.2. The Morgan fingerprint density at radius 2 is 1.61 bits per heavy atom. The molecule has 0 radical (unpaired) electrons. The number of fused-ring (bicyclic) bond motifs is 1. The first kappa shape index (κ1) is 19.6. The molecule has 146 valence electrons. The van der Waals surface area contributed by atoms with E-state index in [1.807, 2.05) is 6.07 Å². The first-order valence-corrected chi connectivity index (χ1v) is 9.19. The van der Waals surface area contributed by atoms with E-state index < -0.39 is 17.6 Å². The number of nitrogens with zero attached hydrogens (tertiary/aromatic N) is 2. The Morgan fingerprint density at radius 1 is 1.00 bits per heavy atom. The Hall–Kier alpha value is -3.15. The van der Waals surface area contributed by atoms with Gasteiger partial charge in [-0.25, -0.2) is 10.0 Å². The predicted octanol–water partition coefficient (Wildman–Crippen LogP) is 3.88. The lowest BCUT2D eigenvalue weighted by Crippen LogP contribution is -2.55. The van der Waals surface area contributed by atoms with Crippen LogP contribution < -0.4 is 5.01 Å². The highest BCUT2D eigenvalue weighted by Gasteiger charge is 2.41. The van der Waals surface area contributed by atoms with Gasteiger partial charge in [-0.05, 0) is 44.5 Å². The van der Waals surface area contributed by atoms with E-state index in [2.05, 4.69) is 0 Å². The Balaban J connectivity index is 2.09. The summed E-state index contributed by atoms with van der Waals surface area (Å²) in [6.45, 7) is 6.77. The van der Waals surface area contributed by atoms with Crippen molar-refractivity contribution in [3.63, 3.8) is 0 Å². The molecule has 0 bridgehead atoms. The maximum atomic E-state index is 13.2. The van der Waals surface area contributed by atoms with Crippen molar-refractivity contribution in [1.82, 2.24) is 5.01 Å². The third kappa shape index (κ3) is 3.91. The molecule has 0 saturated heterocycles. The van der Waals surface area contributed by atoms with Gasteiger partial charge in [0.2, 0.25) is 5.91 Å². The van der Waals surface area contributed by atoms with Crippen molar-refractivity contribution in [3.8, 4) is 0 Å². The lowest BCUT2D eigenvalue weighted by atomic mass is 9.94. The third-order valence-electron chi connectivity index (χ3n) is 4.36. The number of carbonyl (C=O) groups is 3. The minimum Gasteiger partial charge on any atom is -0.460 e. The summed E-state index contributed by atoms with van der Waals surface area (Å²) in [7, 11) is 0. The number of hydrazine groups is 1. The van der Waals surface area contributed by atoms with Crippen LogP contribution in [0.4, 0.5) is 5.69 Å². The molecule has 6 nitrogen and oxygen atoms in total. The van der Waals surface area contributed by atoms with Crippen molar-refractivity contribution >= 4 is 23.5 Å². The number of carbonyl (C=O) groups excluding carboxylic acids is 3. The molecule has 1 aliphatic heterocycles. The summed E-state index contributed by atoms with van der Waals surface area (Å²) in [5, 5.41) is 2.70. The molecule has 1 atom stereocenters. The summed E-state index contributed by atoms with van der Waals surface area (Å²) < 4.78 is 5.47. The fourth-order valence-electron chi connectivity index (χ4n) is 3.37. The highest BCUT2D eigenvalue weighted by molar-refractivity contribution is 6.09. The van der Waals surface area contributed by atoms with Crippen LogP contribution >= 0.6 is 0 Å². The van der Waals surface area contributed by atoms with Crippen molar-refractivity contribution in [1.29, 1.82) is 0 Å². The first-order valence-electron chi connectivity index (χ1n) is 9.19. The molecule has 2 amide bonds. The first-order chi connectivity index (χ1) is 13.2. The van der Waals surface area contributed by atoms with Crippen molar-refractivity contribution in [2.75, 3.05) is 5.01 Å². The number of esters is 1. The lowest BCUT2D eigenvalue weighted by molar-refractivity contribution is -0.157. The SMILES string of the molecule is CC(=O)N1C(CC(=O)OC(C)(C)C)c2ccccc2C(=O)N1c1ccccc1. The van der Waals surface area contributed by atoms with Crippen LogP contribution in [0.2, 0.25) is 0 Å². The number of anilines is 1. The van der Waals surface area contributed by atoms with Crippen LogP contribution in [0.3, 0.4) is 0 Å². The fraction of sp³-hybridized carbons (Fsp3) is 0.318. The second-order valence-electron chi connectivity index (χ2n) is 7.71. The average Bonchev–Trinajstić information content (AvgIpc) is 2.62. The van der Waals surface area contributed by atoms with Gasteiger partial charge in [0.1, 0.15) is 5.60 Å². The molecule has 2 aromatic rings. The van der Waals surface area contributed by atoms with Gasteiger partial charge in [-0.15, -0.1) is 0 Å². The van der Waals surface area contributed by atoms with Gasteiger partial charge in [0.15, 0.2) is 0 Å². The van der Waals surface area contributed by atoms with Crippen LogP contribution in [0.25, 0.3) is 0 Å². The van der Waals surface area contributed by atoms with Crippen LogP contribution in [0.1, 0.15) is 56.1 Å². The van der Waals surface area contributed by atoms with Crippen LogP contribution in [-0.2, 0) is 14.3 Å². The fourth-order valence-corrected chi connectivity index (χ4v) is 3.37. The standard InChI is InChI=1S/C22H24N2O4/c1-15(25)23-19(14-20(26)28-22(2,3)4)17-12-8-9-13-18(17)21(27)24(23)16-10-6-5-7-11-16/h5-13,19H,14H2,1-4H3. The van der Waals surface area contributed by atoms with Crippen LogP contribution in [0.5, 0.6) is 0 Å². The van der Waals surface area contributed by atoms with Crippen molar-refractivity contribution in [2.24, 2.45) is 0 Å². The molecule has 3 rings (SSSR count). The molecule has 0 aromatic heterocycles. The Morgan fingerprint density at radius 3 is 2.21 bits per heavy atom. The number of hydrogen-bond donors (Lipinski definition) is 0. The monoisotopic (exact) mass is 380 g/mol. The van der Waals surface area contributed by atoms with E-state index in [1.54, 1.807) is 69.3 Å². The van der Waals surface area contributed by atoms with Gasteiger partial charge in [0.05, 0.1) is 18.2 Å². The average molecular weight is 380 g/mol. The molecular weight excluding hydrogens is 356 g/mol. The van der Waals surface area contributed by atoms with Gasteiger partial charge in [-0.3, -0.25) is 14.4 Å². The molecule has 1 aliphatic rings. The van der Waals surface area contributed by atoms with Gasteiger partial charge in [-0.1, -0.05) is 36.4 Å². The summed E-state index contributed by atoms with van der Waals surface area (Å²) in [5.41, 5.74) is 1.03. The summed E-state index contributed by atoms with van der Waals surface area (Å²) in [6.07, 6.45) is -0.0511.